The highest BCUT2D eigenvalue weighted by Crippen LogP contribution is 2.24. The van der Waals surface area contributed by atoms with Gasteiger partial charge in [-0.05, 0) is 26.2 Å². The number of aromatic nitrogens is 1. The number of methoxy groups -OCH3 is 1. The average Bonchev–Trinajstić information content (AvgIpc) is 2.84. The maximum Gasteiger partial charge on any atom is 0.263 e. The summed E-state index contributed by atoms with van der Waals surface area (Å²) in [5.74, 6) is -0.0920. The number of carbonyl (C=O) groups excluding carboxylic acids is 1. The summed E-state index contributed by atoms with van der Waals surface area (Å²) in [6.07, 6.45) is 3.19. The maximum atomic E-state index is 12.0. The highest BCUT2D eigenvalue weighted by molar-refractivity contribution is 7.17. The topological polar surface area (TPSA) is 77.2 Å². The molecule has 0 bridgehead atoms. The number of amides is 1. The van der Waals surface area contributed by atoms with E-state index in [-0.39, 0.29) is 18.1 Å². The molecule has 17 heavy (non-hydrogen) atoms. The van der Waals surface area contributed by atoms with Crippen molar-refractivity contribution in [2.75, 3.05) is 12.8 Å². The lowest BCUT2D eigenvalue weighted by Gasteiger charge is -2.19. The van der Waals surface area contributed by atoms with Crippen LogP contribution in [0.2, 0.25) is 0 Å². The van der Waals surface area contributed by atoms with Gasteiger partial charge in [-0.3, -0.25) is 4.79 Å². The lowest BCUT2D eigenvalue weighted by Crippen LogP contribution is -2.40. The number of rotatable bonds is 3. The number of nitrogens with zero attached hydrogens (tertiary/aromatic N) is 1. The average molecular weight is 255 g/mol. The number of thiazole rings is 1. The fourth-order valence-electron chi connectivity index (χ4n) is 2.24. The Balaban J connectivity index is 2.04. The third-order valence-corrected chi connectivity index (χ3v) is 4.08. The highest BCUT2D eigenvalue weighted by Gasteiger charge is 2.29. The zero-order chi connectivity index (χ0) is 12.4. The van der Waals surface area contributed by atoms with Crippen molar-refractivity contribution in [2.24, 2.45) is 0 Å². The minimum Gasteiger partial charge on any atom is -0.379 e. The fourth-order valence-corrected chi connectivity index (χ4v) is 2.97. The van der Waals surface area contributed by atoms with Crippen molar-refractivity contribution in [1.82, 2.24) is 10.3 Å². The van der Waals surface area contributed by atoms with Gasteiger partial charge in [0.2, 0.25) is 0 Å². The zero-order valence-corrected chi connectivity index (χ0v) is 10.8. The Morgan fingerprint density at radius 1 is 1.59 bits per heavy atom. The first-order valence-electron chi connectivity index (χ1n) is 5.68. The molecule has 1 aromatic rings. The fraction of sp³-hybridized carbons (Fsp3) is 0.636. The van der Waals surface area contributed by atoms with Crippen molar-refractivity contribution >= 4 is 22.4 Å². The van der Waals surface area contributed by atoms with E-state index in [0.29, 0.717) is 15.7 Å². The molecule has 5 nitrogen and oxygen atoms in total. The Kier molecular flexibility index (Phi) is 3.63. The summed E-state index contributed by atoms with van der Waals surface area (Å²) in [6.45, 7) is 1.80. The lowest BCUT2D eigenvalue weighted by atomic mass is 10.2. The first-order chi connectivity index (χ1) is 8.11. The zero-order valence-electron chi connectivity index (χ0n) is 10.0. The van der Waals surface area contributed by atoms with E-state index in [0.717, 1.165) is 19.3 Å². The van der Waals surface area contributed by atoms with Gasteiger partial charge in [0.15, 0.2) is 5.13 Å². The van der Waals surface area contributed by atoms with E-state index < -0.39 is 0 Å². The Morgan fingerprint density at radius 3 is 2.94 bits per heavy atom. The van der Waals surface area contributed by atoms with Gasteiger partial charge >= 0.3 is 0 Å². The van der Waals surface area contributed by atoms with Crippen LogP contribution in [0.3, 0.4) is 0 Å². The molecule has 2 unspecified atom stereocenters. The van der Waals surface area contributed by atoms with Gasteiger partial charge in [0.25, 0.3) is 5.91 Å². The van der Waals surface area contributed by atoms with Crippen LogP contribution < -0.4 is 11.1 Å². The number of nitrogens with two attached hydrogens (primary N) is 1. The normalized spacial score (nSPS) is 23.9. The SMILES string of the molecule is COC1CCCC1NC(=O)c1sc(N)nc1C. The summed E-state index contributed by atoms with van der Waals surface area (Å²) in [7, 11) is 1.69. The molecule has 1 aliphatic rings. The third kappa shape index (κ3) is 2.58. The van der Waals surface area contributed by atoms with Gasteiger partial charge in [-0.25, -0.2) is 4.98 Å². The van der Waals surface area contributed by atoms with E-state index >= 15 is 0 Å². The Morgan fingerprint density at radius 2 is 2.35 bits per heavy atom. The van der Waals surface area contributed by atoms with Crippen LogP contribution in [0, 0.1) is 6.92 Å². The molecule has 94 valence electrons. The predicted octanol–water partition coefficient (Wildman–Crippen LogP) is 1.33. The van der Waals surface area contributed by atoms with Gasteiger partial charge in [-0.2, -0.15) is 0 Å². The first-order valence-corrected chi connectivity index (χ1v) is 6.50. The lowest BCUT2D eigenvalue weighted by molar-refractivity contribution is 0.0724. The van der Waals surface area contributed by atoms with Crippen molar-refractivity contribution in [3.05, 3.63) is 10.6 Å². The molecule has 1 aliphatic carbocycles. The molecule has 1 fully saturated rings. The Labute approximate surface area is 104 Å². The van der Waals surface area contributed by atoms with E-state index in [9.17, 15) is 4.79 Å². The van der Waals surface area contributed by atoms with Gasteiger partial charge in [0.1, 0.15) is 4.88 Å². The number of hydrogen-bond acceptors (Lipinski definition) is 5. The van der Waals surface area contributed by atoms with E-state index in [1.54, 1.807) is 14.0 Å². The van der Waals surface area contributed by atoms with Crippen LogP contribution >= 0.6 is 11.3 Å². The predicted molar refractivity (Wildman–Crippen MR) is 67.2 cm³/mol. The third-order valence-electron chi connectivity index (χ3n) is 3.09. The van der Waals surface area contributed by atoms with Crippen molar-refractivity contribution in [1.29, 1.82) is 0 Å². The quantitative estimate of drug-likeness (QED) is 0.854. The second-order valence-corrected chi connectivity index (χ2v) is 5.28. The Bertz CT molecular complexity index is 419. The number of hydrogen-bond donors (Lipinski definition) is 2. The molecule has 2 atom stereocenters. The molecule has 1 amide bonds. The van der Waals surface area contributed by atoms with Crippen LogP contribution in [-0.4, -0.2) is 30.1 Å². The summed E-state index contributed by atoms with van der Waals surface area (Å²) in [4.78, 5) is 16.7. The van der Waals surface area contributed by atoms with Crippen molar-refractivity contribution < 1.29 is 9.53 Å². The van der Waals surface area contributed by atoms with Gasteiger partial charge in [0.05, 0.1) is 17.8 Å². The van der Waals surface area contributed by atoms with Crippen LogP contribution in [0.5, 0.6) is 0 Å². The maximum absolute atomic E-state index is 12.0. The molecule has 0 aromatic carbocycles. The molecule has 3 N–H and O–H groups in total. The molecule has 0 spiro atoms. The minimum absolute atomic E-state index is 0.0920. The van der Waals surface area contributed by atoms with Crippen LogP contribution in [-0.2, 0) is 4.74 Å². The summed E-state index contributed by atoms with van der Waals surface area (Å²) in [6, 6.07) is 0.107. The first kappa shape index (κ1) is 12.3. The summed E-state index contributed by atoms with van der Waals surface area (Å²) >= 11 is 1.23. The number of nitrogen functional groups attached to an aromatic ring is 1. The second kappa shape index (κ2) is 5.01. The van der Waals surface area contributed by atoms with Crippen molar-refractivity contribution in [3.63, 3.8) is 0 Å². The number of aryl methyl sites for hydroxylation is 1. The van der Waals surface area contributed by atoms with Gasteiger partial charge in [-0.1, -0.05) is 11.3 Å². The number of carbonyl (C=O) groups is 1. The molecule has 1 saturated carbocycles. The number of anilines is 1. The van der Waals surface area contributed by atoms with Crippen LogP contribution in [0.1, 0.15) is 34.6 Å². The molecule has 0 saturated heterocycles. The van der Waals surface area contributed by atoms with E-state index in [4.69, 9.17) is 10.5 Å². The smallest absolute Gasteiger partial charge is 0.263 e. The molecular formula is C11H17N3O2S. The molecule has 6 heteroatoms. The summed E-state index contributed by atoms with van der Waals surface area (Å²) in [5, 5.41) is 3.43. The highest BCUT2D eigenvalue weighted by atomic mass is 32.1. The van der Waals surface area contributed by atoms with Crippen LogP contribution in [0.15, 0.2) is 0 Å². The van der Waals surface area contributed by atoms with Gasteiger partial charge in [0, 0.05) is 7.11 Å². The van der Waals surface area contributed by atoms with Crippen LogP contribution in [0.25, 0.3) is 0 Å². The molecule has 0 aliphatic heterocycles. The van der Waals surface area contributed by atoms with Crippen molar-refractivity contribution in [3.8, 4) is 0 Å². The molecule has 1 heterocycles. The number of ether oxygens (including phenoxy) is 1. The molecule has 1 aromatic heterocycles. The van der Waals surface area contributed by atoms with E-state index in [2.05, 4.69) is 10.3 Å². The van der Waals surface area contributed by atoms with E-state index in [1.807, 2.05) is 0 Å². The second-order valence-electron chi connectivity index (χ2n) is 4.25. The van der Waals surface area contributed by atoms with Crippen LogP contribution in [0.4, 0.5) is 5.13 Å². The van der Waals surface area contributed by atoms with E-state index in [1.165, 1.54) is 11.3 Å². The summed E-state index contributed by atoms with van der Waals surface area (Å²) < 4.78 is 5.34. The molecular weight excluding hydrogens is 238 g/mol. The molecule has 2 rings (SSSR count). The van der Waals surface area contributed by atoms with Gasteiger partial charge in [-0.15, -0.1) is 0 Å². The monoisotopic (exact) mass is 255 g/mol. The van der Waals surface area contributed by atoms with Gasteiger partial charge < -0.3 is 15.8 Å². The largest absolute Gasteiger partial charge is 0.379 e. The summed E-state index contributed by atoms with van der Waals surface area (Å²) in [5.41, 5.74) is 6.27. The molecule has 0 radical (unpaired) electrons. The minimum atomic E-state index is -0.0920. The number of nitrogens with one attached hydrogen (secondary N) is 1. The Hall–Kier alpha value is -1.14. The standard InChI is InChI=1S/C11H17N3O2S/c1-6-9(17-11(12)13-6)10(15)14-7-4-3-5-8(7)16-2/h7-8H,3-5H2,1-2H3,(H2,12,13)(H,14,15). The van der Waals surface area contributed by atoms with Crippen molar-refractivity contribution in [2.45, 2.75) is 38.3 Å².